The number of amides is 2. The maximum absolute atomic E-state index is 12.5. The monoisotopic (exact) mass is 302 g/mol. The van der Waals surface area contributed by atoms with Crippen molar-refractivity contribution in [3.8, 4) is 0 Å². The fourth-order valence-electron chi connectivity index (χ4n) is 3.44. The molecule has 0 aromatic heterocycles. The topological polar surface area (TPSA) is 58.6 Å². The van der Waals surface area contributed by atoms with E-state index < -0.39 is 0 Å². The number of nitrogens with one attached hydrogen (secondary N) is 1. The smallest absolute Gasteiger partial charge is 0.261 e. The minimum absolute atomic E-state index is 0.0351. The fourth-order valence-corrected chi connectivity index (χ4v) is 3.44. The van der Waals surface area contributed by atoms with Crippen molar-refractivity contribution in [3.05, 3.63) is 35.4 Å². The summed E-state index contributed by atoms with van der Waals surface area (Å²) in [6.45, 7) is 1.55. The van der Waals surface area contributed by atoms with Crippen LogP contribution in [0.2, 0.25) is 0 Å². The van der Waals surface area contributed by atoms with Gasteiger partial charge in [0.15, 0.2) is 0 Å². The summed E-state index contributed by atoms with van der Waals surface area (Å²) < 4.78 is 5.04. The summed E-state index contributed by atoms with van der Waals surface area (Å²) in [5.41, 5.74) is 1.10. The van der Waals surface area contributed by atoms with Crippen LogP contribution in [0.5, 0.6) is 0 Å². The van der Waals surface area contributed by atoms with Gasteiger partial charge in [0.2, 0.25) is 0 Å². The summed E-state index contributed by atoms with van der Waals surface area (Å²) in [7, 11) is 1.70. The van der Waals surface area contributed by atoms with Crippen molar-refractivity contribution in [3.63, 3.8) is 0 Å². The molecule has 1 saturated carbocycles. The lowest BCUT2D eigenvalue weighted by atomic mass is 9.90. The van der Waals surface area contributed by atoms with Gasteiger partial charge in [-0.25, -0.2) is 0 Å². The zero-order chi connectivity index (χ0) is 15.5. The molecule has 22 heavy (non-hydrogen) atoms. The van der Waals surface area contributed by atoms with Crippen molar-refractivity contribution in [2.75, 3.05) is 20.3 Å². The molecule has 1 aromatic rings. The molecule has 0 spiro atoms. The minimum Gasteiger partial charge on any atom is -0.383 e. The quantitative estimate of drug-likeness (QED) is 0.666. The van der Waals surface area contributed by atoms with E-state index in [0.29, 0.717) is 23.8 Å². The Hall–Kier alpha value is -1.72. The molecule has 1 aromatic carbocycles. The molecule has 1 fully saturated rings. The van der Waals surface area contributed by atoms with E-state index in [1.54, 1.807) is 19.2 Å². The predicted molar refractivity (Wildman–Crippen MR) is 82.9 cm³/mol. The molecule has 1 heterocycles. The lowest BCUT2D eigenvalue weighted by molar-refractivity contribution is 0.0537. The second-order valence-electron chi connectivity index (χ2n) is 5.98. The summed E-state index contributed by atoms with van der Waals surface area (Å²) in [5.74, 6) is -0.257. The van der Waals surface area contributed by atoms with Gasteiger partial charge < -0.3 is 10.1 Å². The molecule has 0 unspecified atom stereocenters. The molecule has 2 aliphatic rings. The van der Waals surface area contributed by atoms with Gasteiger partial charge in [0.1, 0.15) is 0 Å². The number of hydrogen-bond donors (Lipinski definition) is 1. The molecule has 5 heteroatoms. The van der Waals surface area contributed by atoms with Gasteiger partial charge in [-0.15, -0.1) is 0 Å². The number of hydrogen-bond acceptors (Lipinski definition) is 4. The Bertz CT molecular complexity index is 530. The lowest BCUT2D eigenvalue weighted by Gasteiger charge is -2.33. The molecule has 0 bridgehead atoms. The van der Waals surface area contributed by atoms with Crippen LogP contribution >= 0.6 is 0 Å². The van der Waals surface area contributed by atoms with Crippen LogP contribution in [0, 0.1) is 0 Å². The van der Waals surface area contributed by atoms with Gasteiger partial charge in [0.05, 0.1) is 17.7 Å². The summed E-state index contributed by atoms with van der Waals surface area (Å²) in [6.07, 6.45) is 3.72. The average Bonchev–Trinajstić information content (AvgIpc) is 2.81. The van der Waals surface area contributed by atoms with Crippen LogP contribution in [0.4, 0.5) is 0 Å². The van der Waals surface area contributed by atoms with Crippen molar-refractivity contribution < 1.29 is 14.3 Å². The highest BCUT2D eigenvalue weighted by Gasteiger charge is 2.40. The van der Waals surface area contributed by atoms with E-state index in [2.05, 4.69) is 5.32 Å². The van der Waals surface area contributed by atoms with Crippen LogP contribution in [0.3, 0.4) is 0 Å². The Balaban J connectivity index is 1.61. The van der Waals surface area contributed by atoms with E-state index >= 15 is 0 Å². The number of nitrogens with zero attached hydrogens (tertiary/aromatic N) is 1. The first-order valence-electron chi connectivity index (χ1n) is 7.91. The highest BCUT2D eigenvalue weighted by atomic mass is 16.5. The molecule has 0 radical (unpaired) electrons. The Labute approximate surface area is 130 Å². The van der Waals surface area contributed by atoms with E-state index in [-0.39, 0.29) is 17.9 Å². The fraction of sp³-hybridized carbons (Fsp3) is 0.529. The molecule has 5 nitrogen and oxygen atoms in total. The van der Waals surface area contributed by atoms with Crippen molar-refractivity contribution in [1.82, 2.24) is 10.2 Å². The summed E-state index contributed by atoms with van der Waals surface area (Å²) in [4.78, 5) is 26.4. The molecule has 2 amide bonds. The number of imide groups is 1. The number of rotatable bonds is 5. The first-order chi connectivity index (χ1) is 10.7. The maximum Gasteiger partial charge on any atom is 0.261 e. The first kappa shape index (κ1) is 15.2. The average molecular weight is 302 g/mol. The van der Waals surface area contributed by atoms with Crippen LogP contribution in [-0.4, -0.2) is 49.1 Å². The molecular weight excluding hydrogens is 280 g/mol. The first-order valence-corrected chi connectivity index (χ1v) is 7.91. The van der Waals surface area contributed by atoms with Gasteiger partial charge in [-0.3, -0.25) is 14.5 Å². The van der Waals surface area contributed by atoms with Crippen molar-refractivity contribution in [2.24, 2.45) is 0 Å². The number of carbonyl (C=O) groups excluding carboxylic acids is 2. The standard InChI is InChI=1S/C17H22N2O3/c1-22-11-10-18-12-6-8-13(9-7-12)19-16(20)14-4-2-3-5-15(14)17(19)21/h2-5,12-13,18H,6-11H2,1H3/t12-,13-. The van der Waals surface area contributed by atoms with Crippen LogP contribution in [-0.2, 0) is 4.74 Å². The summed E-state index contributed by atoms with van der Waals surface area (Å²) >= 11 is 0. The summed E-state index contributed by atoms with van der Waals surface area (Å²) in [6, 6.07) is 7.60. The van der Waals surface area contributed by atoms with Crippen LogP contribution < -0.4 is 5.32 Å². The SMILES string of the molecule is COCCN[C@H]1CC[C@H](N2C(=O)c3ccccc3C2=O)CC1. The van der Waals surface area contributed by atoms with E-state index in [0.717, 1.165) is 32.2 Å². The van der Waals surface area contributed by atoms with Gasteiger partial charge in [-0.05, 0) is 37.8 Å². The number of fused-ring (bicyclic) bond motifs is 1. The zero-order valence-electron chi connectivity index (χ0n) is 12.9. The lowest BCUT2D eigenvalue weighted by Crippen LogP contribution is -2.45. The van der Waals surface area contributed by atoms with E-state index in [4.69, 9.17) is 4.74 Å². The van der Waals surface area contributed by atoms with E-state index in [1.807, 2.05) is 12.1 Å². The van der Waals surface area contributed by atoms with Gasteiger partial charge in [0, 0.05) is 25.7 Å². The normalized spacial score (nSPS) is 24.7. The van der Waals surface area contributed by atoms with Gasteiger partial charge in [-0.2, -0.15) is 0 Å². The molecule has 1 aliphatic heterocycles. The van der Waals surface area contributed by atoms with Crippen LogP contribution in [0.1, 0.15) is 46.4 Å². The van der Waals surface area contributed by atoms with Gasteiger partial charge in [0.25, 0.3) is 11.8 Å². The molecule has 0 saturated heterocycles. The molecule has 1 N–H and O–H groups in total. The number of carbonyl (C=O) groups is 2. The maximum atomic E-state index is 12.5. The Morgan fingerprint density at radius 1 is 1.09 bits per heavy atom. The van der Waals surface area contributed by atoms with Crippen LogP contribution in [0.15, 0.2) is 24.3 Å². The van der Waals surface area contributed by atoms with E-state index in [1.165, 1.54) is 4.90 Å². The third-order valence-corrected chi connectivity index (χ3v) is 4.63. The molecule has 118 valence electrons. The Morgan fingerprint density at radius 2 is 1.68 bits per heavy atom. The Morgan fingerprint density at radius 3 is 2.23 bits per heavy atom. The minimum atomic E-state index is -0.128. The largest absolute Gasteiger partial charge is 0.383 e. The summed E-state index contributed by atoms with van der Waals surface area (Å²) in [5, 5.41) is 3.46. The highest BCUT2D eigenvalue weighted by Crippen LogP contribution is 2.30. The van der Waals surface area contributed by atoms with Crippen molar-refractivity contribution in [2.45, 2.75) is 37.8 Å². The molecular formula is C17H22N2O3. The number of ether oxygens (including phenoxy) is 1. The predicted octanol–water partition coefficient (Wildman–Crippen LogP) is 1.83. The zero-order valence-corrected chi connectivity index (χ0v) is 12.9. The molecule has 3 rings (SSSR count). The Kier molecular flexibility index (Phi) is 4.55. The van der Waals surface area contributed by atoms with Crippen LogP contribution in [0.25, 0.3) is 0 Å². The number of methoxy groups -OCH3 is 1. The second-order valence-corrected chi connectivity index (χ2v) is 5.98. The van der Waals surface area contributed by atoms with Gasteiger partial charge in [-0.1, -0.05) is 12.1 Å². The van der Waals surface area contributed by atoms with Crippen molar-refractivity contribution in [1.29, 1.82) is 0 Å². The molecule has 0 atom stereocenters. The van der Waals surface area contributed by atoms with Crippen molar-refractivity contribution >= 4 is 11.8 Å². The third kappa shape index (κ3) is 2.78. The molecule has 1 aliphatic carbocycles. The second kappa shape index (κ2) is 6.58. The third-order valence-electron chi connectivity index (χ3n) is 4.63. The highest BCUT2D eigenvalue weighted by molar-refractivity contribution is 6.21. The number of benzene rings is 1. The van der Waals surface area contributed by atoms with Gasteiger partial charge >= 0.3 is 0 Å². The van der Waals surface area contributed by atoms with E-state index in [9.17, 15) is 9.59 Å².